The standard InChI is InChI=1S/C4H7BrNO/c5-4-3-6-1-2-7-4/h2,4,6H,1,3H2. The van der Waals surface area contributed by atoms with Crippen molar-refractivity contribution in [1.82, 2.24) is 5.32 Å². The highest BCUT2D eigenvalue weighted by Gasteiger charge is 2.07. The van der Waals surface area contributed by atoms with Crippen molar-refractivity contribution in [3.8, 4) is 0 Å². The Morgan fingerprint density at radius 2 is 2.71 bits per heavy atom. The summed E-state index contributed by atoms with van der Waals surface area (Å²) in [7, 11) is 0. The molecule has 1 fully saturated rings. The van der Waals surface area contributed by atoms with Gasteiger partial charge in [-0.3, -0.25) is 0 Å². The first-order valence-corrected chi connectivity index (χ1v) is 3.13. The molecule has 1 saturated heterocycles. The maximum absolute atomic E-state index is 5.01. The van der Waals surface area contributed by atoms with E-state index in [4.69, 9.17) is 4.74 Å². The van der Waals surface area contributed by atoms with Gasteiger partial charge >= 0.3 is 0 Å². The molecular weight excluding hydrogens is 158 g/mol. The van der Waals surface area contributed by atoms with Crippen LogP contribution in [0, 0.1) is 6.61 Å². The van der Waals surface area contributed by atoms with Crippen molar-refractivity contribution < 1.29 is 4.74 Å². The predicted octanol–water partition coefficient (Wildman–Crippen LogP) is 0.489. The summed E-state index contributed by atoms with van der Waals surface area (Å²) in [6, 6.07) is 0. The van der Waals surface area contributed by atoms with Gasteiger partial charge in [0.15, 0.2) is 0 Å². The van der Waals surface area contributed by atoms with Gasteiger partial charge in [0.1, 0.15) is 5.01 Å². The smallest absolute Gasteiger partial charge is 0.125 e. The van der Waals surface area contributed by atoms with Crippen LogP contribution < -0.4 is 5.32 Å². The van der Waals surface area contributed by atoms with Crippen molar-refractivity contribution in [2.24, 2.45) is 0 Å². The van der Waals surface area contributed by atoms with E-state index in [9.17, 15) is 0 Å². The molecule has 2 nitrogen and oxygen atoms in total. The van der Waals surface area contributed by atoms with Gasteiger partial charge in [0.05, 0.1) is 6.61 Å². The number of alkyl halides is 1. The van der Waals surface area contributed by atoms with Crippen LogP contribution in [0.1, 0.15) is 0 Å². The van der Waals surface area contributed by atoms with Gasteiger partial charge in [0, 0.05) is 13.1 Å². The third kappa shape index (κ3) is 1.76. The molecule has 0 aliphatic carbocycles. The van der Waals surface area contributed by atoms with Crippen LogP contribution in [-0.4, -0.2) is 18.1 Å². The fraction of sp³-hybridized carbons (Fsp3) is 0.750. The summed E-state index contributed by atoms with van der Waals surface area (Å²) in [5.41, 5.74) is 0. The maximum Gasteiger partial charge on any atom is 0.125 e. The molecule has 7 heavy (non-hydrogen) atoms. The van der Waals surface area contributed by atoms with Gasteiger partial charge in [-0.15, -0.1) is 0 Å². The molecule has 1 radical (unpaired) electrons. The summed E-state index contributed by atoms with van der Waals surface area (Å²) in [6.45, 7) is 3.52. The molecule has 0 aromatic carbocycles. The zero-order valence-corrected chi connectivity index (χ0v) is 5.44. The van der Waals surface area contributed by atoms with E-state index < -0.39 is 0 Å². The van der Waals surface area contributed by atoms with E-state index in [1.54, 1.807) is 6.61 Å². The SMILES string of the molecule is BrC1CNC[CH]O1. The van der Waals surface area contributed by atoms with E-state index in [2.05, 4.69) is 21.2 Å². The highest BCUT2D eigenvalue weighted by Crippen LogP contribution is 2.04. The normalized spacial score (nSPS) is 33.0. The Kier molecular flexibility index (Phi) is 2.09. The van der Waals surface area contributed by atoms with E-state index in [0.29, 0.717) is 0 Å². The molecule has 0 spiro atoms. The minimum atomic E-state index is 0.182. The molecule has 41 valence electrons. The molecule has 1 N–H and O–H groups in total. The Labute approximate surface area is 51.4 Å². The molecule has 1 rings (SSSR count). The summed E-state index contributed by atoms with van der Waals surface area (Å²) in [5, 5.41) is 3.29. The van der Waals surface area contributed by atoms with E-state index in [1.165, 1.54) is 0 Å². The molecule has 0 bridgehead atoms. The van der Waals surface area contributed by atoms with Crippen LogP contribution in [0.2, 0.25) is 0 Å². The third-order valence-electron chi connectivity index (χ3n) is 0.776. The molecule has 0 aromatic heterocycles. The predicted molar refractivity (Wildman–Crippen MR) is 31.0 cm³/mol. The van der Waals surface area contributed by atoms with E-state index >= 15 is 0 Å². The zero-order chi connectivity index (χ0) is 5.11. The maximum atomic E-state index is 5.01. The molecule has 0 aromatic rings. The monoisotopic (exact) mass is 164 g/mol. The lowest BCUT2D eigenvalue weighted by Gasteiger charge is -2.16. The third-order valence-corrected chi connectivity index (χ3v) is 1.32. The highest BCUT2D eigenvalue weighted by atomic mass is 79.9. The largest absolute Gasteiger partial charge is 0.358 e. The van der Waals surface area contributed by atoms with Crippen molar-refractivity contribution in [2.75, 3.05) is 13.1 Å². The van der Waals surface area contributed by atoms with Gasteiger partial charge in [-0.2, -0.15) is 0 Å². The van der Waals surface area contributed by atoms with Crippen molar-refractivity contribution >= 4 is 15.9 Å². The van der Waals surface area contributed by atoms with Gasteiger partial charge in [0.2, 0.25) is 0 Å². The van der Waals surface area contributed by atoms with Gasteiger partial charge in [-0.25, -0.2) is 0 Å². The Bertz CT molecular complexity index is 53.7. The van der Waals surface area contributed by atoms with Crippen LogP contribution in [0.3, 0.4) is 0 Å². The molecule has 1 atom stereocenters. The van der Waals surface area contributed by atoms with Crippen molar-refractivity contribution in [3.05, 3.63) is 6.61 Å². The molecule has 1 aliphatic heterocycles. The molecule has 1 aliphatic rings. The van der Waals surface area contributed by atoms with Gasteiger partial charge in [-0.1, -0.05) is 15.9 Å². The van der Waals surface area contributed by atoms with Crippen LogP contribution in [0.4, 0.5) is 0 Å². The lowest BCUT2D eigenvalue weighted by Crippen LogP contribution is -2.32. The van der Waals surface area contributed by atoms with E-state index in [1.807, 2.05) is 0 Å². The van der Waals surface area contributed by atoms with Crippen LogP contribution in [0.15, 0.2) is 0 Å². The fourth-order valence-corrected chi connectivity index (χ4v) is 0.838. The van der Waals surface area contributed by atoms with Gasteiger partial charge in [0.25, 0.3) is 0 Å². The zero-order valence-electron chi connectivity index (χ0n) is 3.86. The minimum absolute atomic E-state index is 0.182. The van der Waals surface area contributed by atoms with Crippen LogP contribution in [-0.2, 0) is 4.74 Å². The Morgan fingerprint density at radius 1 is 1.86 bits per heavy atom. The van der Waals surface area contributed by atoms with Crippen molar-refractivity contribution in [3.63, 3.8) is 0 Å². The van der Waals surface area contributed by atoms with Crippen LogP contribution >= 0.6 is 15.9 Å². The second-order valence-corrected chi connectivity index (χ2v) is 2.39. The number of ether oxygens (including phenoxy) is 1. The summed E-state index contributed by atoms with van der Waals surface area (Å²) in [6.07, 6.45) is 0. The number of rotatable bonds is 0. The molecule has 0 saturated carbocycles. The minimum Gasteiger partial charge on any atom is -0.358 e. The second-order valence-electron chi connectivity index (χ2n) is 1.37. The average Bonchev–Trinajstić information content (AvgIpc) is 1.69. The highest BCUT2D eigenvalue weighted by molar-refractivity contribution is 9.09. The van der Waals surface area contributed by atoms with Crippen molar-refractivity contribution in [2.45, 2.75) is 5.01 Å². The van der Waals surface area contributed by atoms with Crippen LogP contribution in [0.5, 0.6) is 0 Å². The van der Waals surface area contributed by atoms with Crippen molar-refractivity contribution in [1.29, 1.82) is 0 Å². The van der Waals surface area contributed by atoms with Gasteiger partial charge in [-0.05, 0) is 0 Å². The molecule has 1 unspecified atom stereocenters. The molecule has 3 heteroatoms. The average molecular weight is 165 g/mol. The van der Waals surface area contributed by atoms with Gasteiger partial charge < -0.3 is 10.1 Å². The lowest BCUT2D eigenvalue weighted by atomic mass is 10.5. The topological polar surface area (TPSA) is 21.3 Å². The molecule has 0 amide bonds. The number of hydrogen-bond acceptors (Lipinski definition) is 2. The van der Waals surface area contributed by atoms with Crippen LogP contribution in [0.25, 0.3) is 0 Å². The Balaban J connectivity index is 2.12. The Morgan fingerprint density at radius 3 is 3.00 bits per heavy atom. The summed E-state index contributed by atoms with van der Waals surface area (Å²) >= 11 is 3.27. The first-order valence-electron chi connectivity index (χ1n) is 2.21. The molecular formula is C4H7BrNO. The summed E-state index contributed by atoms with van der Waals surface area (Å²) < 4.78 is 5.01. The number of nitrogens with one attached hydrogen (secondary N) is 1. The Hall–Kier alpha value is 0.400. The van der Waals surface area contributed by atoms with E-state index in [0.717, 1.165) is 13.1 Å². The second kappa shape index (κ2) is 2.64. The first-order chi connectivity index (χ1) is 3.39. The fourth-order valence-electron chi connectivity index (χ4n) is 0.456. The van der Waals surface area contributed by atoms with E-state index in [-0.39, 0.29) is 5.01 Å². The number of halogens is 1. The summed E-state index contributed by atoms with van der Waals surface area (Å²) in [5.74, 6) is 0. The molecule has 1 heterocycles. The lowest BCUT2D eigenvalue weighted by molar-refractivity contribution is 0.146. The quantitative estimate of drug-likeness (QED) is 0.527. The number of morpholine rings is 1. The summed E-state index contributed by atoms with van der Waals surface area (Å²) in [4.78, 5) is 0. The first kappa shape index (κ1) is 5.54. The number of hydrogen-bond donors (Lipinski definition) is 1.